The number of aliphatic hydroxyl groups excluding tert-OH is 1. The van der Waals surface area contributed by atoms with E-state index in [1.807, 2.05) is 0 Å². The number of hydrogen-bond donors (Lipinski definition) is 1. The van der Waals surface area contributed by atoms with E-state index in [1.54, 1.807) is 6.92 Å². The average Bonchev–Trinajstić information content (AvgIpc) is 3.23. The van der Waals surface area contributed by atoms with Crippen molar-refractivity contribution in [3.63, 3.8) is 0 Å². The highest BCUT2D eigenvalue weighted by Gasteiger charge is 2.88. The van der Waals surface area contributed by atoms with E-state index >= 15 is 0 Å². The molecule has 6 rings (SSSR count). The van der Waals surface area contributed by atoms with Crippen molar-refractivity contribution in [3.8, 4) is 0 Å². The molecule has 0 unspecified atom stereocenters. The van der Waals surface area contributed by atoms with E-state index in [2.05, 4.69) is 0 Å². The van der Waals surface area contributed by atoms with Crippen molar-refractivity contribution >= 4 is 5.78 Å². The number of aliphatic hydroxyl groups is 1. The zero-order valence-corrected chi connectivity index (χ0v) is 11.9. The van der Waals surface area contributed by atoms with Gasteiger partial charge in [-0.25, -0.2) is 0 Å². The van der Waals surface area contributed by atoms with Gasteiger partial charge < -0.3 is 5.11 Å². The van der Waals surface area contributed by atoms with Crippen molar-refractivity contribution in [1.29, 1.82) is 0 Å². The van der Waals surface area contributed by atoms with Gasteiger partial charge in [0.25, 0.3) is 0 Å². The number of fused-ring (bicyclic) bond motifs is 2. The molecule has 104 valence electrons. The molecule has 4 spiro atoms. The van der Waals surface area contributed by atoms with Gasteiger partial charge in [0.1, 0.15) is 5.78 Å². The van der Waals surface area contributed by atoms with Gasteiger partial charge in [-0.05, 0) is 85.9 Å². The minimum absolute atomic E-state index is 0.468. The van der Waals surface area contributed by atoms with Crippen molar-refractivity contribution in [2.75, 3.05) is 6.61 Å². The molecule has 0 aromatic heterocycles. The van der Waals surface area contributed by atoms with Crippen LogP contribution in [0.15, 0.2) is 0 Å². The monoisotopic (exact) mass is 260 g/mol. The minimum atomic E-state index is 0.468. The Bertz CT molecular complexity index is 439. The van der Waals surface area contributed by atoms with Gasteiger partial charge >= 0.3 is 0 Å². The maximum Gasteiger partial charge on any atom is 0.134 e. The number of hydrogen-bond acceptors (Lipinski definition) is 2. The van der Waals surface area contributed by atoms with E-state index in [9.17, 15) is 4.79 Å². The largest absolute Gasteiger partial charge is 0.396 e. The van der Waals surface area contributed by atoms with Crippen LogP contribution in [-0.4, -0.2) is 17.5 Å². The van der Waals surface area contributed by atoms with E-state index in [0.717, 1.165) is 16.7 Å². The van der Waals surface area contributed by atoms with Crippen molar-refractivity contribution in [2.45, 2.75) is 58.3 Å². The number of rotatable bonds is 2. The summed E-state index contributed by atoms with van der Waals surface area (Å²) in [5, 5.41) is 8.96. The lowest BCUT2D eigenvalue weighted by molar-refractivity contribution is -0.118. The summed E-state index contributed by atoms with van der Waals surface area (Å²) in [5.74, 6) is 1.72. The maximum absolute atomic E-state index is 11.1. The van der Waals surface area contributed by atoms with Crippen molar-refractivity contribution in [2.24, 2.45) is 33.5 Å². The van der Waals surface area contributed by atoms with Gasteiger partial charge in [0.05, 0.1) is 0 Å². The molecule has 6 saturated carbocycles. The Morgan fingerprint density at radius 1 is 0.895 bits per heavy atom. The molecule has 0 amide bonds. The fraction of sp³-hybridized carbons (Fsp3) is 0.941. The molecule has 1 N–H and O–H groups in total. The SMILES string of the molecule is CC(=O)C1C2(CC2)C12CC2.OCC1C2(CC2)C12CC2. The molecule has 0 atom stereocenters. The normalized spacial score (nSPS) is 43.7. The lowest BCUT2D eigenvalue weighted by atomic mass is 10.2. The van der Waals surface area contributed by atoms with Crippen LogP contribution in [0.3, 0.4) is 0 Å². The molecule has 0 saturated heterocycles. The fourth-order valence-electron chi connectivity index (χ4n) is 6.51. The highest BCUT2D eigenvalue weighted by Crippen LogP contribution is 2.93. The van der Waals surface area contributed by atoms with Gasteiger partial charge in [0.15, 0.2) is 0 Å². The summed E-state index contributed by atoms with van der Waals surface area (Å²) < 4.78 is 0. The summed E-state index contributed by atoms with van der Waals surface area (Å²) in [4.78, 5) is 11.1. The van der Waals surface area contributed by atoms with Crippen LogP contribution in [0.25, 0.3) is 0 Å². The Labute approximate surface area is 115 Å². The molecule has 0 radical (unpaired) electrons. The number of carbonyl (C=O) groups excluding carboxylic acids is 1. The molecule has 6 aliphatic rings. The molecule has 6 fully saturated rings. The van der Waals surface area contributed by atoms with E-state index in [4.69, 9.17) is 5.11 Å². The van der Waals surface area contributed by atoms with E-state index in [-0.39, 0.29) is 0 Å². The molecule has 0 aliphatic heterocycles. The lowest BCUT2D eigenvalue weighted by Gasteiger charge is -1.83. The predicted molar refractivity (Wildman–Crippen MR) is 71.4 cm³/mol. The number of ketones is 1. The summed E-state index contributed by atoms with van der Waals surface area (Å²) >= 11 is 0. The first kappa shape index (κ1) is 11.3. The lowest BCUT2D eigenvalue weighted by Crippen LogP contribution is -1.95. The molecule has 19 heavy (non-hydrogen) atoms. The molecular formula is C17H24O2. The molecule has 2 nitrogen and oxygen atoms in total. The Hall–Kier alpha value is -0.370. The Kier molecular flexibility index (Phi) is 1.67. The summed E-state index contributed by atoms with van der Waals surface area (Å²) in [7, 11) is 0. The quantitative estimate of drug-likeness (QED) is 0.829. The van der Waals surface area contributed by atoms with Crippen molar-refractivity contribution in [3.05, 3.63) is 0 Å². The third kappa shape index (κ3) is 1.06. The molecule has 2 heteroatoms. The maximum atomic E-state index is 11.1. The van der Waals surface area contributed by atoms with Gasteiger partial charge in [0, 0.05) is 12.5 Å². The number of carbonyl (C=O) groups is 1. The van der Waals surface area contributed by atoms with Gasteiger partial charge in [-0.2, -0.15) is 0 Å². The summed E-state index contributed by atoms with van der Waals surface area (Å²) in [6, 6.07) is 0. The third-order valence-electron chi connectivity index (χ3n) is 8.00. The van der Waals surface area contributed by atoms with Crippen LogP contribution >= 0.6 is 0 Å². The summed E-state index contributed by atoms with van der Waals surface area (Å²) in [6.07, 6.45) is 11.1. The standard InChI is InChI=1S/C9H12O.C8H12O/c1-6(10)7-8(2-3-8)9(7)4-5-9;9-5-6-7(1-2-7)8(6)3-4-8/h7H,2-5H2,1H3;6,9H,1-5H2. The molecule has 0 aromatic carbocycles. The third-order valence-corrected chi connectivity index (χ3v) is 8.00. The van der Waals surface area contributed by atoms with Gasteiger partial charge in [-0.15, -0.1) is 0 Å². The predicted octanol–water partition coefficient (Wildman–Crippen LogP) is 2.93. The first-order valence-electron chi connectivity index (χ1n) is 8.20. The van der Waals surface area contributed by atoms with Crippen LogP contribution in [0, 0.1) is 33.5 Å². The molecular weight excluding hydrogens is 236 g/mol. The van der Waals surface area contributed by atoms with Gasteiger partial charge in [-0.3, -0.25) is 4.79 Å². The molecule has 0 bridgehead atoms. The van der Waals surface area contributed by atoms with Gasteiger partial charge in [0.2, 0.25) is 0 Å². The van der Waals surface area contributed by atoms with Crippen LogP contribution in [-0.2, 0) is 4.79 Å². The van der Waals surface area contributed by atoms with Crippen LogP contribution in [0.5, 0.6) is 0 Å². The number of Topliss-reactive ketones (excluding diaryl/α,β-unsaturated/α-hetero) is 1. The van der Waals surface area contributed by atoms with E-state index in [0.29, 0.717) is 29.1 Å². The van der Waals surface area contributed by atoms with Crippen LogP contribution < -0.4 is 0 Å². The highest BCUT2D eigenvalue weighted by atomic mass is 16.3. The summed E-state index contributed by atoms with van der Waals surface area (Å²) in [6.45, 7) is 2.25. The van der Waals surface area contributed by atoms with Crippen molar-refractivity contribution in [1.82, 2.24) is 0 Å². The van der Waals surface area contributed by atoms with Gasteiger partial charge in [-0.1, -0.05) is 0 Å². The van der Waals surface area contributed by atoms with Crippen LogP contribution in [0.4, 0.5) is 0 Å². The average molecular weight is 260 g/mol. The molecule has 0 aromatic rings. The second-order valence-electron chi connectivity index (χ2n) is 8.40. The Balaban J connectivity index is 0.0000000933. The van der Waals surface area contributed by atoms with E-state index in [1.165, 1.54) is 51.4 Å². The highest BCUT2D eigenvalue weighted by molar-refractivity contribution is 5.86. The minimum Gasteiger partial charge on any atom is -0.396 e. The summed E-state index contributed by atoms with van der Waals surface area (Å²) in [5.41, 5.74) is 2.64. The van der Waals surface area contributed by atoms with Crippen molar-refractivity contribution < 1.29 is 9.90 Å². The molecule has 6 aliphatic carbocycles. The van der Waals surface area contributed by atoms with Crippen LogP contribution in [0.1, 0.15) is 58.3 Å². The zero-order valence-electron chi connectivity index (χ0n) is 11.9. The first-order chi connectivity index (χ1) is 9.09. The van der Waals surface area contributed by atoms with E-state index < -0.39 is 0 Å². The topological polar surface area (TPSA) is 37.3 Å². The first-order valence-corrected chi connectivity index (χ1v) is 8.20. The molecule has 0 heterocycles. The Morgan fingerprint density at radius 2 is 1.26 bits per heavy atom. The fourth-order valence-corrected chi connectivity index (χ4v) is 6.51. The van der Waals surface area contributed by atoms with Crippen LogP contribution in [0.2, 0.25) is 0 Å². The smallest absolute Gasteiger partial charge is 0.134 e. The Morgan fingerprint density at radius 3 is 1.37 bits per heavy atom. The second kappa shape index (κ2) is 2.81. The second-order valence-corrected chi connectivity index (χ2v) is 8.40. The zero-order chi connectivity index (χ0) is 13.1.